The molecule has 0 spiro atoms. The van der Waals surface area contributed by atoms with Gasteiger partial charge in [-0.2, -0.15) is 0 Å². The first-order valence-electron chi connectivity index (χ1n) is 7.68. The number of rotatable bonds is 8. The van der Waals surface area contributed by atoms with E-state index in [1.165, 1.54) is 38.8 Å². The largest absolute Gasteiger partial charge is 0.376 e. The van der Waals surface area contributed by atoms with Crippen LogP contribution in [0.25, 0.3) is 0 Å². The van der Waals surface area contributed by atoms with Gasteiger partial charge in [-0.25, -0.2) is 0 Å². The number of hydrogen-bond donors (Lipinski definition) is 1. The second-order valence-electron chi connectivity index (χ2n) is 6.01. The van der Waals surface area contributed by atoms with Crippen LogP contribution in [0.5, 0.6) is 0 Å². The zero-order chi connectivity index (χ0) is 13.4. The van der Waals surface area contributed by atoms with Gasteiger partial charge in [0.15, 0.2) is 0 Å². The van der Waals surface area contributed by atoms with Crippen LogP contribution in [0.3, 0.4) is 0 Å². The number of nitrogens with one attached hydrogen (secondary N) is 1. The third kappa shape index (κ3) is 6.72. The lowest BCUT2D eigenvalue weighted by atomic mass is 10.1. The SMILES string of the molecule is CC(C)NCCCCCCN1CC(C)OCC1C. The summed E-state index contributed by atoms with van der Waals surface area (Å²) in [6, 6.07) is 1.23. The number of ether oxygens (including phenoxy) is 1. The summed E-state index contributed by atoms with van der Waals surface area (Å²) in [7, 11) is 0. The highest BCUT2D eigenvalue weighted by molar-refractivity contribution is 4.74. The van der Waals surface area contributed by atoms with E-state index in [4.69, 9.17) is 4.74 Å². The van der Waals surface area contributed by atoms with E-state index in [2.05, 4.69) is 37.9 Å². The molecule has 3 nitrogen and oxygen atoms in total. The lowest BCUT2D eigenvalue weighted by Gasteiger charge is -2.36. The number of morpholine rings is 1. The third-order valence-corrected chi connectivity index (χ3v) is 3.66. The van der Waals surface area contributed by atoms with Crippen LogP contribution in [-0.2, 0) is 4.74 Å². The molecule has 0 aromatic rings. The summed E-state index contributed by atoms with van der Waals surface area (Å²) < 4.78 is 5.65. The second kappa shape index (κ2) is 8.89. The second-order valence-corrected chi connectivity index (χ2v) is 6.01. The van der Waals surface area contributed by atoms with Crippen LogP contribution in [0.4, 0.5) is 0 Å². The molecule has 1 aliphatic heterocycles. The van der Waals surface area contributed by atoms with Crippen molar-refractivity contribution in [2.45, 2.75) is 71.6 Å². The average Bonchev–Trinajstić information content (AvgIpc) is 2.32. The molecule has 0 aliphatic carbocycles. The molecule has 2 unspecified atom stereocenters. The molecule has 0 amide bonds. The van der Waals surface area contributed by atoms with Gasteiger partial charge in [-0.05, 0) is 39.8 Å². The fourth-order valence-electron chi connectivity index (χ4n) is 2.47. The van der Waals surface area contributed by atoms with E-state index >= 15 is 0 Å². The standard InChI is InChI=1S/C15H32N2O/c1-13(2)16-9-7-5-6-8-10-17-11-15(4)18-12-14(17)3/h13-16H,5-12H2,1-4H3. The van der Waals surface area contributed by atoms with Crippen molar-refractivity contribution in [1.82, 2.24) is 10.2 Å². The fourth-order valence-corrected chi connectivity index (χ4v) is 2.47. The van der Waals surface area contributed by atoms with Crippen molar-refractivity contribution in [3.05, 3.63) is 0 Å². The van der Waals surface area contributed by atoms with Crippen molar-refractivity contribution in [2.75, 3.05) is 26.2 Å². The van der Waals surface area contributed by atoms with Crippen LogP contribution in [0.15, 0.2) is 0 Å². The molecule has 1 fully saturated rings. The molecule has 1 heterocycles. The van der Waals surface area contributed by atoms with Gasteiger partial charge in [0.2, 0.25) is 0 Å². The van der Waals surface area contributed by atoms with Crippen LogP contribution in [0, 0.1) is 0 Å². The van der Waals surface area contributed by atoms with Crippen LogP contribution >= 0.6 is 0 Å². The Morgan fingerprint density at radius 3 is 2.61 bits per heavy atom. The zero-order valence-electron chi connectivity index (χ0n) is 12.7. The molecule has 1 aliphatic rings. The highest BCUT2D eigenvalue weighted by atomic mass is 16.5. The van der Waals surface area contributed by atoms with Crippen molar-refractivity contribution in [1.29, 1.82) is 0 Å². The summed E-state index contributed by atoms with van der Waals surface area (Å²) in [5.74, 6) is 0. The third-order valence-electron chi connectivity index (χ3n) is 3.66. The average molecular weight is 256 g/mol. The smallest absolute Gasteiger partial charge is 0.0674 e. The molecule has 18 heavy (non-hydrogen) atoms. The van der Waals surface area contributed by atoms with Gasteiger partial charge < -0.3 is 10.1 Å². The molecule has 0 aromatic carbocycles. The van der Waals surface area contributed by atoms with Gasteiger partial charge in [0, 0.05) is 18.6 Å². The minimum absolute atomic E-state index is 0.413. The van der Waals surface area contributed by atoms with Crippen molar-refractivity contribution in [2.24, 2.45) is 0 Å². The normalized spacial score (nSPS) is 25.8. The quantitative estimate of drug-likeness (QED) is 0.676. The molecule has 0 bridgehead atoms. The van der Waals surface area contributed by atoms with Crippen molar-refractivity contribution >= 4 is 0 Å². The van der Waals surface area contributed by atoms with E-state index in [-0.39, 0.29) is 0 Å². The molecule has 0 radical (unpaired) electrons. The van der Waals surface area contributed by atoms with E-state index < -0.39 is 0 Å². The first-order chi connectivity index (χ1) is 8.59. The Kier molecular flexibility index (Phi) is 7.87. The first kappa shape index (κ1) is 15.9. The zero-order valence-corrected chi connectivity index (χ0v) is 12.7. The Labute approximate surface area is 113 Å². The number of hydrogen-bond acceptors (Lipinski definition) is 3. The van der Waals surface area contributed by atoms with Crippen molar-refractivity contribution < 1.29 is 4.74 Å². The summed E-state index contributed by atoms with van der Waals surface area (Å²) in [5.41, 5.74) is 0. The van der Waals surface area contributed by atoms with Crippen LogP contribution in [0.1, 0.15) is 53.4 Å². The van der Waals surface area contributed by atoms with Gasteiger partial charge in [-0.15, -0.1) is 0 Å². The molecule has 0 saturated carbocycles. The predicted octanol–water partition coefficient (Wildman–Crippen LogP) is 2.65. The molecule has 3 heteroatoms. The van der Waals surface area contributed by atoms with E-state index in [1.54, 1.807) is 0 Å². The lowest BCUT2D eigenvalue weighted by Crippen LogP contribution is -2.47. The molecule has 1 saturated heterocycles. The molecule has 108 valence electrons. The monoisotopic (exact) mass is 256 g/mol. The fraction of sp³-hybridized carbons (Fsp3) is 1.00. The highest BCUT2D eigenvalue weighted by Gasteiger charge is 2.22. The molecular formula is C15H32N2O. The number of unbranched alkanes of at least 4 members (excludes halogenated alkanes) is 3. The van der Waals surface area contributed by atoms with Crippen LogP contribution in [-0.4, -0.2) is 49.3 Å². The molecule has 1 rings (SSSR count). The van der Waals surface area contributed by atoms with E-state index in [0.717, 1.165) is 13.2 Å². The van der Waals surface area contributed by atoms with Crippen molar-refractivity contribution in [3.63, 3.8) is 0 Å². The minimum Gasteiger partial charge on any atom is -0.376 e. The van der Waals surface area contributed by atoms with Gasteiger partial charge in [-0.3, -0.25) is 4.90 Å². The predicted molar refractivity (Wildman–Crippen MR) is 78.1 cm³/mol. The highest BCUT2D eigenvalue weighted by Crippen LogP contribution is 2.12. The molecule has 2 atom stereocenters. The Morgan fingerprint density at radius 1 is 1.17 bits per heavy atom. The maximum Gasteiger partial charge on any atom is 0.0674 e. The summed E-state index contributed by atoms with van der Waals surface area (Å²) in [6.07, 6.45) is 5.77. The summed E-state index contributed by atoms with van der Waals surface area (Å²) in [5, 5.41) is 3.47. The van der Waals surface area contributed by atoms with Gasteiger partial charge >= 0.3 is 0 Å². The van der Waals surface area contributed by atoms with Gasteiger partial charge in [0.25, 0.3) is 0 Å². The molecule has 0 aromatic heterocycles. The Bertz CT molecular complexity index is 209. The van der Waals surface area contributed by atoms with E-state index in [0.29, 0.717) is 18.2 Å². The summed E-state index contributed by atoms with van der Waals surface area (Å²) in [4.78, 5) is 2.58. The maximum absolute atomic E-state index is 5.65. The van der Waals surface area contributed by atoms with Gasteiger partial charge in [0.05, 0.1) is 12.7 Å². The van der Waals surface area contributed by atoms with E-state index in [9.17, 15) is 0 Å². The summed E-state index contributed by atoms with van der Waals surface area (Å²) in [6.45, 7) is 13.3. The summed E-state index contributed by atoms with van der Waals surface area (Å²) >= 11 is 0. The first-order valence-corrected chi connectivity index (χ1v) is 7.68. The van der Waals surface area contributed by atoms with Gasteiger partial charge in [-0.1, -0.05) is 26.7 Å². The van der Waals surface area contributed by atoms with Crippen LogP contribution in [0.2, 0.25) is 0 Å². The van der Waals surface area contributed by atoms with Crippen LogP contribution < -0.4 is 5.32 Å². The molecular weight excluding hydrogens is 224 g/mol. The number of nitrogens with zero attached hydrogens (tertiary/aromatic N) is 1. The van der Waals surface area contributed by atoms with E-state index in [1.807, 2.05) is 0 Å². The Hall–Kier alpha value is -0.120. The molecule has 1 N–H and O–H groups in total. The lowest BCUT2D eigenvalue weighted by molar-refractivity contribution is -0.0496. The Balaban J connectivity index is 1.96. The maximum atomic E-state index is 5.65. The van der Waals surface area contributed by atoms with Gasteiger partial charge in [0.1, 0.15) is 0 Å². The Morgan fingerprint density at radius 2 is 1.89 bits per heavy atom. The minimum atomic E-state index is 0.413. The van der Waals surface area contributed by atoms with Crippen molar-refractivity contribution in [3.8, 4) is 0 Å². The topological polar surface area (TPSA) is 24.5 Å².